The predicted octanol–water partition coefficient (Wildman–Crippen LogP) is 4.01. The van der Waals surface area contributed by atoms with E-state index in [1.165, 1.54) is 37.2 Å². The number of thioether (sulfide) groups is 2. The summed E-state index contributed by atoms with van der Waals surface area (Å²) in [5.74, 6) is 4.66. The Morgan fingerprint density at radius 2 is 1.83 bits per heavy atom. The van der Waals surface area contributed by atoms with E-state index in [1.54, 1.807) is 0 Å². The van der Waals surface area contributed by atoms with Gasteiger partial charge < -0.3 is 5.11 Å². The first kappa shape index (κ1) is 13.6. The fourth-order valence-electron chi connectivity index (χ4n) is 4.48. The molecule has 1 heterocycles. The summed E-state index contributed by atoms with van der Waals surface area (Å²) in [5, 5.41) is 10.7. The lowest BCUT2D eigenvalue weighted by Crippen LogP contribution is -2.45. The molecule has 1 aliphatic heterocycles. The van der Waals surface area contributed by atoms with Crippen LogP contribution in [0.4, 0.5) is 0 Å². The van der Waals surface area contributed by atoms with Crippen LogP contribution in [0.1, 0.15) is 46.5 Å². The summed E-state index contributed by atoms with van der Waals surface area (Å²) >= 11 is 4.44. The summed E-state index contributed by atoms with van der Waals surface area (Å²) in [4.78, 5) is 0. The Bertz CT molecular complexity index is 322. The monoisotopic (exact) mass is 286 g/mol. The van der Waals surface area contributed by atoms with Gasteiger partial charge in [-0.2, -0.15) is 0 Å². The molecule has 3 aliphatic rings. The lowest BCUT2D eigenvalue weighted by Gasteiger charge is -2.49. The second-order valence-corrected chi connectivity index (χ2v) is 10.3. The third-order valence-electron chi connectivity index (χ3n) is 5.53. The highest BCUT2D eigenvalue weighted by molar-refractivity contribution is 8.18. The lowest BCUT2D eigenvalue weighted by atomic mass is 9.73. The summed E-state index contributed by atoms with van der Waals surface area (Å²) in [6, 6.07) is 0. The van der Waals surface area contributed by atoms with Gasteiger partial charge in [0.1, 0.15) is 0 Å². The maximum atomic E-state index is 10.7. The zero-order valence-electron chi connectivity index (χ0n) is 11.8. The number of hydrogen-bond acceptors (Lipinski definition) is 3. The van der Waals surface area contributed by atoms with Crippen LogP contribution in [0.25, 0.3) is 0 Å². The van der Waals surface area contributed by atoms with Gasteiger partial charge in [0.15, 0.2) is 0 Å². The van der Waals surface area contributed by atoms with Crippen molar-refractivity contribution in [1.29, 1.82) is 0 Å². The molecule has 1 nitrogen and oxygen atoms in total. The first-order valence-corrected chi connectivity index (χ1v) is 9.39. The van der Waals surface area contributed by atoms with Crippen molar-refractivity contribution >= 4 is 23.5 Å². The van der Waals surface area contributed by atoms with Crippen LogP contribution in [0.5, 0.6) is 0 Å². The summed E-state index contributed by atoms with van der Waals surface area (Å²) in [6.07, 6.45) is 5.19. The van der Waals surface area contributed by atoms with Crippen molar-refractivity contribution in [2.45, 2.75) is 56.6 Å². The highest BCUT2D eigenvalue weighted by Gasteiger charge is 2.59. The van der Waals surface area contributed by atoms with Gasteiger partial charge in [0.2, 0.25) is 0 Å². The second-order valence-electron chi connectivity index (χ2n) is 7.20. The second kappa shape index (κ2) is 4.60. The Labute approximate surface area is 120 Å². The Morgan fingerprint density at radius 1 is 1.17 bits per heavy atom. The third kappa shape index (κ3) is 1.96. The van der Waals surface area contributed by atoms with Crippen molar-refractivity contribution in [3.8, 4) is 0 Å². The van der Waals surface area contributed by atoms with Crippen LogP contribution in [0.15, 0.2) is 0 Å². The van der Waals surface area contributed by atoms with E-state index >= 15 is 0 Å². The number of rotatable bonds is 0. The fraction of sp³-hybridized carbons (Fsp3) is 1.00. The largest absolute Gasteiger partial charge is 0.392 e. The zero-order chi connectivity index (χ0) is 13.0. The van der Waals surface area contributed by atoms with Crippen LogP contribution in [0.2, 0.25) is 0 Å². The molecule has 2 aliphatic carbocycles. The Kier molecular flexibility index (Phi) is 3.48. The summed E-state index contributed by atoms with van der Waals surface area (Å²) < 4.78 is 0.449. The van der Waals surface area contributed by atoms with E-state index in [9.17, 15) is 5.11 Å². The zero-order valence-corrected chi connectivity index (χ0v) is 13.4. The summed E-state index contributed by atoms with van der Waals surface area (Å²) in [6.45, 7) is 6.91. The average Bonchev–Trinajstić information content (AvgIpc) is 2.59. The van der Waals surface area contributed by atoms with E-state index in [0.717, 1.165) is 5.92 Å². The first-order valence-electron chi connectivity index (χ1n) is 7.42. The SMILES string of the molecule is C[C@@H]1CCC2(SCCCS2)[C@H]2CC(C)(C)[C@@H](O)[C@@H]12. The molecular formula is C15H26OS2. The molecule has 3 heteroatoms. The Hall–Kier alpha value is 0.660. The maximum Gasteiger partial charge on any atom is 0.0643 e. The normalized spacial score (nSPS) is 46.0. The van der Waals surface area contributed by atoms with Crippen molar-refractivity contribution in [1.82, 2.24) is 0 Å². The number of aliphatic hydroxyl groups excluding tert-OH is 1. The van der Waals surface area contributed by atoms with E-state index in [4.69, 9.17) is 0 Å². The van der Waals surface area contributed by atoms with Crippen LogP contribution < -0.4 is 0 Å². The first-order chi connectivity index (χ1) is 8.46. The van der Waals surface area contributed by atoms with Crippen LogP contribution in [-0.2, 0) is 0 Å². The van der Waals surface area contributed by atoms with E-state index in [2.05, 4.69) is 44.3 Å². The van der Waals surface area contributed by atoms with Crippen molar-refractivity contribution < 1.29 is 5.11 Å². The molecule has 2 saturated carbocycles. The molecule has 0 aromatic rings. The van der Waals surface area contributed by atoms with Crippen LogP contribution in [-0.4, -0.2) is 26.8 Å². The Balaban J connectivity index is 1.92. The molecule has 0 amide bonds. The summed E-state index contributed by atoms with van der Waals surface area (Å²) in [7, 11) is 0. The molecule has 3 fully saturated rings. The van der Waals surface area contributed by atoms with Crippen molar-refractivity contribution in [2.24, 2.45) is 23.2 Å². The van der Waals surface area contributed by atoms with Gasteiger partial charge in [-0.25, -0.2) is 0 Å². The lowest BCUT2D eigenvalue weighted by molar-refractivity contribution is 0.0121. The van der Waals surface area contributed by atoms with Gasteiger partial charge in [0.05, 0.1) is 10.2 Å². The van der Waals surface area contributed by atoms with Crippen molar-refractivity contribution in [2.75, 3.05) is 11.5 Å². The molecule has 3 rings (SSSR count). The topological polar surface area (TPSA) is 20.2 Å². The van der Waals surface area contributed by atoms with Gasteiger partial charge in [-0.05, 0) is 60.4 Å². The molecule has 0 bridgehead atoms. The van der Waals surface area contributed by atoms with Gasteiger partial charge >= 0.3 is 0 Å². The van der Waals surface area contributed by atoms with Gasteiger partial charge in [0, 0.05) is 0 Å². The predicted molar refractivity (Wildman–Crippen MR) is 82.0 cm³/mol. The highest BCUT2D eigenvalue weighted by Crippen LogP contribution is 2.64. The van der Waals surface area contributed by atoms with Gasteiger partial charge in [-0.15, -0.1) is 23.5 Å². The van der Waals surface area contributed by atoms with Crippen molar-refractivity contribution in [3.05, 3.63) is 0 Å². The third-order valence-corrected chi connectivity index (χ3v) is 9.21. The molecule has 0 unspecified atom stereocenters. The molecular weight excluding hydrogens is 260 g/mol. The van der Waals surface area contributed by atoms with Crippen LogP contribution in [0.3, 0.4) is 0 Å². The van der Waals surface area contributed by atoms with Crippen LogP contribution >= 0.6 is 23.5 Å². The molecule has 4 atom stereocenters. The standard InChI is InChI=1S/C15H26OS2/c1-10-5-6-15(17-7-4-8-18-15)11-9-14(2,3)13(16)12(10)11/h10-13,16H,4-9H2,1-3H3/t10-,11+,12+,13+/m1/s1. The Morgan fingerprint density at radius 3 is 2.50 bits per heavy atom. The molecule has 1 saturated heterocycles. The molecule has 0 radical (unpaired) electrons. The van der Waals surface area contributed by atoms with E-state index in [1.807, 2.05) is 0 Å². The van der Waals surface area contributed by atoms with Gasteiger partial charge in [-0.3, -0.25) is 0 Å². The molecule has 104 valence electrons. The minimum Gasteiger partial charge on any atom is -0.392 e. The van der Waals surface area contributed by atoms with Gasteiger partial charge in [-0.1, -0.05) is 20.8 Å². The molecule has 18 heavy (non-hydrogen) atoms. The van der Waals surface area contributed by atoms with E-state index < -0.39 is 0 Å². The highest BCUT2D eigenvalue weighted by atomic mass is 32.2. The number of aliphatic hydroxyl groups is 1. The molecule has 1 N–H and O–H groups in total. The minimum absolute atomic E-state index is 0.0854. The molecule has 0 aromatic carbocycles. The quantitative estimate of drug-likeness (QED) is 0.726. The van der Waals surface area contributed by atoms with Gasteiger partial charge in [0.25, 0.3) is 0 Å². The van der Waals surface area contributed by atoms with Crippen molar-refractivity contribution in [3.63, 3.8) is 0 Å². The molecule has 1 spiro atoms. The average molecular weight is 287 g/mol. The van der Waals surface area contributed by atoms with E-state index in [-0.39, 0.29) is 11.5 Å². The maximum absolute atomic E-state index is 10.7. The number of hydrogen-bond donors (Lipinski definition) is 1. The van der Waals surface area contributed by atoms with E-state index in [0.29, 0.717) is 15.9 Å². The van der Waals surface area contributed by atoms with Crippen LogP contribution in [0, 0.1) is 23.2 Å². The molecule has 0 aromatic heterocycles. The minimum atomic E-state index is -0.0854. The summed E-state index contributed by atoms with van der Waals surface area (Å²) in [5.41, 5.74) is 0.125. The smallest absolute Gasteiger partial charge is 0.0643 e. The number of fused-ring (bicyclic) bond motifs is 2. The fourth-order valence-corrected chi connectivity index (χ4v) is 8.19.